The van der Waals surface area contributed by atoms with E-state index >= 15 is 0 Å². The summed E-state index contributed by atoms with van der Waals surface area (Å²) in [6.45, 7) is 5.64. The van der Waals surface area contributed by atoms with E-state index < -0.39 is 0 Å². The molecule has 0 atom stereocenters. The van der Waals surface area contributed by atoms with Crippen LogP contribution in [-0.4, -0.2) is 55.8 Å². The largest absolute Gasteiger partial charge is 0.379 e. The van der Waals surface area contributed by atoms with Gasteiger partial charge in [0.05, 0.1) is 42.0 Å². The van der Waals surface area contributed by atoms with E-state index in [-0.39, 0.29) is 5.82 Å². The average Bonchev–Trinajstić information content (AvgIpc) is 3.13. The summed E-state index contributed by atoms with van der Waals surface area (Å²) in [6, 6.07) is 6.63. The predicted molar refractivity (Wildman–Crippen MR) is 128 cm³/mol. The Bertz CT molecular complexity index is 1320. The van der Waals surface area contributed by atoms with E-state index in [1.165, 1.54) is 18.5 Å². The number of benzene rings is 1. The van der Waals surface area contributed by atoms with Gasteiger partial charge in [-0.25, -0.2) is 23.9 Å². The van der Waals surface area contributed by atoms with Crippen LogP contribution >= 0.6 is 23.2 Å². The van der Waals surface area contributed by atoms with Crippen LogP contribution < -0.4 is 5.32 Å². The van der Waals surface area contributed by atoms with Crippen molar-refractivity contribution < 1.29 is 9.13 Å². The molecule has 1 N–H and O–H groups in total. The monoisotopic (exact) mass is 501 g/mol. The zero-order valence-corrected chi connectivity index (χ0v) is 19.9. The van der Waals surface area contributed by atoms with E-state index in [0.717, 1.165) is 35.7 Å². The number of rotatable bonds is 6. The molecule has 4 aromatic rings. The van der Waals surface area contributed by atoms with Crippen LogP contribution in [0, 0.1) is 12.7 Å². The Hall–Kier alpha value is -2.85. The highest BCUT2D eigenvalue weighted by molar-refractivity contribution is 6.30. The first-order valence-electron chi connectivity index (χ1n) is 10.8. The maximum atomic E-state index is 14.6. The fourth-order valence-electron chi connectivity index (χ4n) is 3.95. The summed E-state index contributed by atoms with van der Waals surface area (Å²) in [4.78, 5) is 15.5. The molecule has 0 aliphatic carbocycles. The van der Waals surface area contributed by atoms with Gasteiger partial charge in [0.15, 0.2) is 11.5 Å². The summed E-state index contributed by atoms with van der Waals surface area (Å²) in [5.41, 5.74) is 3.81. The van der Waals surface area contributed by atoms with Gasteiger partial charge in [-0.05, 0) is 30.7 Å². The molecule has 1 saturated heterocycles. The van der Waals surface area contributed by atoms with Gasteiger partial charge in [-0.15, -0.1) is 5.10 Å². The van der Waals surface area contributed by atoms with E-state index in [9.17, 15) is 4.39 Å². The molecule has 1 aliphatic heterocycles. The van der Waals surface area contributed by atoms with E-state index in [4.69, 9.17) is 38.0 Å². The maximum absolute atomic E-state index is 14.6. The summed E-state index contributed by atoms with van der Waals surface area (Å²) >= 11 is 11.8. The van der Waals surface area contributed by atoms with Gasteiger partial charge in [0.2, 0.25) is 5.95 Å². The Morgan fingerprint density at radius 3 is 2.56 bits per heavy atom. The van der Waals surface area contributed by atoms with E-state index in [1.807, 2.05) is 13.0 Å². The molecule has 1 aliphatic rings. The summed E-state index contributed by atoms with van der Waals surface area (Å²) < 4.78 is 21.8. The lowest BCUT2D eigenvalue weighted by atomic mass is 10.1. The Kier molecular flexibility index (Phi) is 6.60. The molecular weight excluding hydrogens is 480 g/mol. The third-order valence-corrected chi connectivity index (χ3v) is 6.11. The van der Waals surface area contributed by atoms with Crippen molar-refractivity contribution in [3.63, 3.8) is 0 Å². The van der Waals surface area contributed by atoms with Gasteiger partial charge in [-0.1, -0.05) is 29.3 Å². The minimum Gasteiger partial charge on any atom is -0.379 e. The molecule has 1 aromatic carbocycles. The highest BCUT2D eigenvalue weighted by atomic mass is 35.5. The van der Waals surface area contributed by atoms with Gasteiger partial charge in [0, 0.05) is 36.6 Å². The average molecular weight is 502 g/mol. The number of ether oxygens (including phenoxy) is 1. The number of imidazole rings is 1. The number of aromatic nitrogens is 5. The van der Waals surface area contributed by atoms with E-state index in [2.05, 4.69) is 20.2 Å². The number of nitrogens with zero attached hydrogens (tertiary/aromatic N) is 6. The molecule has 0 amide bonds. The van der Waals surface area contributed by atoms with Crippen molar-refractivity contribution in [2.45, 2.75) is 19.9 Å². The Balaban J connectivity index is 1.57. The summed E-state index contributed by atoms with van der Waals surface area (Å²) in [5, 5.41) is 8.70. The van der Waals surface area contributed by atoms with Crippen LogP contribution in [0.25, 0.3) is 5.65 Å². The molecule has 0 spiro atoms. The molecule has 0 radical (unpaired) electrons. The van der Waals surface area contributed by atoms with Gasteiger partial charge in [0.25, 0.3) is 0 Å². The molecule has 11 heteroatoms. The standard InChI is InChI=1S/C23H22Cl2FN7O/c1-14-20(8-15-2-3-17(24)10-19(15)26)33-22(29-14)16(13-32-4-6-34-7-5-32)9-21(31-33)30-23-27-11-18(25)12-28-23/h2-3,9-12H,4-8,13H2,1H3,(H,27,28,30,31). The Morgan fingerprint density at radius 2 is 1.82 bits per heavy atom. The fourth-order valence-corrected chi connectivity index (χ4v) is 4.21. The zero-order chi connectivity index (χ0) is 23.7. The lowest BCUT2D eigenvalue weighted by Crippen LogP contribution is -2.35. The Morgan fingerprint density at radius 1 is 1.06 bits per heavy atom. The fraction of sp³-hybridized carbons (Fsp3) is 0.304. The maximum Gasteiger partial charge on any atom is 0.228 e. The third-order valence-electron chi connectivity index (χ3n) is 5.68. The van der Waals surface area contributed by atoms with E-state index in [0.29, 0.717) is 53.6 Å². The molecule has 4 heterocycles. The molecule has 5 rings (SSSR count). The summed E-state index contributed by atoms with van der Waals surface area (Å²) in [5.74, 6) is 0.559. The number of fused-ring (bicyclic) bond motifs is 1. The number of morpholine rings is 1. The van der Waals surface area contributed by atoms with Gasteiger partial charge < -0.3 is 10.1 Å². The van der Waals surface area contributed by atoms with Gasteiger partial charge in [-0.2, -0.15) is 0 Å². The second-order valence-electron chi connectivity index (χ2n) is 8.09. The van der Waals surface area contributed by atoms with Gasteiger partial charge >= 0.3 is 0 Å². The summed E-state index contributed by atoms with van der Waals surface area (Å²) in [6.07, 6.45) is 3.35. The lowest BCUT2D eigenvalue weighted by molar-refractivity contribution is 0.0343. The number of hydrogen-bond acceptors (Lipinski definition) is 7. The van der Waals surface area contributed by atoms with Crippen molar-refractivity contribution >= 4 is 40.6 Å². The lowest BCUT2D eigenvalue weighted by Gasteiger charge is -2.26. The van der Waals surface area contributed by atoms with Crippen molar-refractivity contribution in [3.8, 4) is 0 Å². The van der Waals surface area contributed by atoms with Crippen molar-refractivity contribution in [2.24, 2.45) is 0 Å². The molecule has 0 bridgehead atoms. The molecule has 0 saturated carbocycles. The van der Waals surface area contributed by atoms with Crippen LogP contribution in [-0.2, 0) is 17.7 Å². The number of aryl methyl sites for hydroxylation is 1. The highest BCUT2D eigenvalue weighted by Crippen LogP contribution is 2.25. The molecule has 1 fully saturated rings. The highest BCUT2D eigenvalue weighted by Gasteiger charge is 2.20. The Labute approximate surface area is 205 Å². The predicted octanol–water partition coefficient (Wildman–Crippen LogP) is 4.44. The van der Waals surface area contributed by atoms with Crippen LogP contribution in [0.5, 0.6) is 0 Å². The molecule has 3 aromatic heterocycles. The van der Waals surface area contributed by atoms with Crippen molar-refractivity contribution in [3.05, 3.63) is 75.0 Å². The number of halogens is 3. The quantitative estimate of drug-likeness (QED) is 0.418. The van der Waals surface area contributed by atoms with Crippen molar-refractivity contribution in [1.29, 1.82) is 0 Å². The van der Waals surface area contributed by atoms with E-state index in [1.54, 1.807) is 16.6 Å². The zero-order valence-electron chi connectivity index (χ0n) is 18.4. The smallest absolute Gasteiger partial charge is 0.228 e. The molecule has 176 valence electrons. The topological polar surface area (TPSA) is 80.5 Å². The first-order valence-corrected chi connectivity index (χ1v) is 11.6. The molecule has 34 heavy (non-hydrogen) atoms. The van der Waals surface area contributed by atoms with Crippen LogP contribution in [0.2, 0.25) is 10.0 Å². The SMILES string of the molecule is Cc1nc2c(CN3CCOCC3)cc(Nc3ncc(Cl)cn3)nn2c1Cc1ccc(Cl)cc1F. The number of anilines is 2. The first-order chi connectivity index (χ1) is 16.5. The number of nitrogens with one attached hydrogen (secondary N) is 1. The summed E-state index contributed by atoms with van der Waals surface area (Å²) in [7, 11) is 0. The van der Waals surface area contributed by atoms with Gasteiger partial charge in [0.1, 0.15) is 5.82 Å². The van der Waals surface area contributed by atoms with Crippen molar-refractivity contribution in [1.82, 2.24) is 29.5 Å². The van der Waals surface area contributed by atoms with Crippen molar-refractivity contribution in [2.75, 3.05) is 31.6 Å². The molecular formula is C23H22Cl2FN7O. The number of hydrogen-bond donors (Lipinski definition) is 1. The van der Waals surface area contributed by atoms with Crippen LogP contribution in [0.4, 0.5) is 16.2 Å². The van der Waals surface area contributed by atoms with Crippen LogP contribution in [0.3, 0.4) is 0 Å². The minimum absolute atomic E-state index is 0.320. The van der Waals surface area contributed by atoms with Gasteiger partial charge in [-0.3, -0.25) is 4.90 Å². The molecule has 0 unspecified atom stereocenters. The second kappa shape index (κ2) is 9.79. The molecule has 8 nitrogen and oxygen atoms in total. The second-order valence-corrected chi connectivity index (χ2v) is 8.96. The van der Waals surface area contributed by atoms with Crippen LogP contribution in [0.1, 0.15) is 22.5 Å². The normalized spacial score (nSPS) is 14.6. The first kappa shape index (κ1) is 22.9. The third kappa shape index (κ3) is 4.97. The van der Waals surface area contributed by atoms with Crippen LogP contribution in [0.15, 0.2) is 36.7 Å². The minimum atomic E-state index is -0.362.